The van der Waals surface area contributed by atoms with Crippen molar-refractivity contribution in [1.82, 2.24) is 4.57 Å². The van der Waals surface area contributed by atoms with Gasteiger partial charge in [0.1, 0.15) is 5.75 Å². The summed E-state index contributed by atoms with van der Waals surface area (Å²) < 4.78 is 36.7. The lowest BCUT2D eigenvalue weighted by molar-refractivity contribution is -0.138. The van der Waals surface area contributed by atoms with Crippen molar-refractivity contribution in [3.8, 4) is 5.75 Å². The van der Waals surface area contributed by atoms with Crippen LogP contribution in [0.5, 0.6) is 5.75 Å². The molecule has 0 fully saturated rings. The number of aromatic nitrogens is 1. The van der Waals surface area contributed by atoms with E-state index < -0.39 is 18.6 Å². The number of carbonyl (C=O) groups is 1. The minimum absolute atomic E-state index is 0.0225. The van der Waals surface area contributed by atoms with Crippen molar-refractivity contribution in [1.29, 1.82) is 0 Å². The van der Waals surface area contributed by atoms with E-state index in [1.165, 1.54) is 28.0 Å². The molecule has 0 aliphatic carbocycles. The summed E-state index contributed by atoms with van der Waals surface area (Å²) in [5.41, 5.74) is 2.48. The standard InChI is InChI=1S/C29H22F2N2O4S/c1-2-36-27(35)23-24(19-9-5-3-6-10-19)32-29-33(25(23)20-11-7-4-8-12-20)26(34)22(38-29)17-18-13-15-21(16-14-18)37-28(30)31/h3-17,25,28H,2H2,1H3/b22-17+/t25-/m0/s1. The van der Waals surface area contributed by atoms with E-state index in [0.717, 1.165) is 11.1 Å². The maximum absolute atomic E-state index is 13.8. The molecule has 0 amide bonds. The molecule has 4 aromatic rings. The van der Waals surface area contributed by atoms with E-state index >= 15 is 0 Å². The number of halogens is 2. The van der Waals surface area contributed by atoms with Crippen molar-refractivity contribution >= 4 is 29.1 Å². The van der Waals surface area contributed by atoms with Gasteiger partial charge in [0.2, 0.25) is 0 Å². The number of esters is 1. The van der Waals surface area contributed by atoms with Crippen LogP contribution in [0.25, 0.3) is 11.8 Å². The molecule has 1 aromatic heterocycles. The number of ether oxygens (including phenoxy) is 2. The van der Waals surface area contributed by atoms with Crippen LogP contribution in [0.15, 0.2) is 100 Å². The first-order chi connectivity index (χ1) is 18.5. The van der Waals surface area contributed by atoms with Crippen molar-refractivity contribution in [2.45, 2.75) is 19.6 Å². The average Bonchev–Trinajstić information content (AvgIpc) is 3.24. The number of hydrogen-bond donors (Lipinski definition) is 0. The molecule has 2 heterocycles. The number of fused-ring (bicyclic) bond motifs is 1. The van der Waals surface area contributed by atoms with Crippen LogP contribution in [0.3, 0.4) is 0 Å². The van der Waals surface area contributed by atoms with E-state index in [1.807, 2.05) is 60.7 Å². The van der Waals surface area contributed by atoms with Crippen molar-refractivity contribution in [3.63, 3.8) is 0 Å². The van der Waals surface area contributed by atoms with E-state index in [9.17, 15) is 18.4 Å². The Bertz CT molecular complexity index is 1660. The molecule has 0 radical (unpaired) electrons. The van der Waals surface area contributed by atoms with Crippen LogP contribution < -0.4 is 19.6 Å². The van der Waals surface area contributed by atoms with Crippen LogP contribution in [-0.2, 0) is 9.53 Å². The highest BCUT2D eigenvalue weighted by molar-refractivity contribution is 7.07. The lowest BCUT2D eigenvalue weighted by Gasteiger charge is -2.25. The van der Waals surface area contributed by atoms with Gasteiger partial charge in [-0.3, -0.25) is 9.36 Å². The lowest BCUT2D eigenvalue weighted by atomic mass is 9.93. The molecule has 0 bridgehead atoms. The van der Waals surface area contributed by atoms with Gasteiger partial charge >= 0.3 is 12.6 Å². The number of rotatable bonds is 7. The number of carbonyl (C=O) groups excluding carboxylic acids is 1. The van der Waals surface area contributed by atoms with Crippen LogP contribution in [0.2, 0.25) is 0 Å². The van der Waals surface area contributed by atoms with Gasteiger partial charge in [0.05, 0.1) is 28.5 Å². The third-order valence-corrected chi connectivity index (χ3v) is 6.87. The molecule has 0 unspecified atom stereocenters. The third-order valence-electron chi connectivity index (χ3n) is 5.89. The Morgan fingerprint density at radius 3 is 2.32 bits per heavy atom. The molecular formula is C29H22F2N2O4S. The van der Waals surface area contributed by atoms with Gasteiger partial charge in [-0.25, -0.2) is 9.79 Å². The van der Waals surface area contributed by atoms with Gasteiger partial charge in [-0.1, -0.05) is 84.1 Å². The fourth-order valence-corrected chi connectivity index (χ4v) is 5.29. The predicted molar refractivity (Wildman–Crippen MR) is 141 cm³/mol. The number of hydrogen-bond acceptors (Lipinski definition) is 6. The first kappa shape index (κ1) is 25.3. The minimum Gasteiger partial charge on any atom is -0.463 e. The molecular weight excluding hydrogens is 510 g/mol. The minimum atomic E-state index is -2.92. The summed E-state index contributed by atoms with van der Waals surface area (Å²) in [6.45, 7) is -1.03. The van der Waals surface area contributed by atoms with Crippen LogP contribution in [0.4, 0.5) is 8.78 Å². The molecule has 6 nitrogen and oxygen atoms in total. The fourth-order valence-electron chi connectivity index (χ4n) is 4.29. The Balaban J connectivity index is 1.73. The predicted octanol–water partition coefficient (Wildman–Crippen LogP) is 4.54. The zero-order chi connectivity index (χ0) is 26.6. The summed E-state index contributed by atoms with van der Waals surface area (Å²) in [6, 6.07) is 23.8. The van der Waals surface area contributed by atoms with E-state index in [4.69, 9.17) is 9.73 Å². The molecule has 1 aliphatic heterocycles. The molecule has 1 atom stereocenters. The summed E-state index contributed by atoms with van der Waals surface area (Å²) in [5.74, 6) is -0.526. The second-order valence-corrected chi connectivity index (χ2v) is 9.30. The summed E-state index contributed by atoms with van der Waals surface area (Å²) in [7, 11) is 0. The molecule has 1 aliphatic rings. The molecule has 192 valence electrons. The van der Waals surface area contributed by atoms with Gasteiger partial charge < -0.3 is 9.47 Å². The van der Waals surface area contributed by atoms with Gasteiger partial charge in [-0.05, 0) is 36.3 Å². The molecule has 38 heavy (non-hydrogen) atoms. The monoisotopic (exact) mass is 532 g/mol. The molecule has 0 N–H and O–H groups in total. The smallest absolute Gasteiger partial charge is 0.387 e. The highest BCUT2D eigenvalue weighted by atomic mass is 32.1. The van der Waals surface area contributed by atoms with Gasteiger partial charge in [0.25, 0.3) is 5.56 Å². The molecule has 3 aromatic carbocycles. The molecule has 0 saturated heterocycles. The maximum Gasteiger partial charge on any atom is 0.387 e. The first-order valence-electron chi connectivity index (χ1n) is 11.8. The van der Waals surface area contributed by atoms with Gasteiger partial charge in [-0.2, -0.15) is 8.78 Å². The van der Waals surface area contributed by atoms with E-state index in [2.05, 4.69) is 4.74 Å². The Kier molecular flexibility index (Phi) is 7.28. The molecule has 0 saturated carbocycles. The summed E-state index contributed by atoms with van der Waals surface area (Å²) in [4.78, 5) is 32.3. The van der Waals surface area contributed by atoms with Crippen molar-refractivity contribution < 1.29 is 23.0 Å². The van der Waals surface area contributed by atoms with Crippen LogP contribution >= 0.6 is 11.3 Å². The maximum atomic E-state index is 13.8. The zero-order valence-corrected chi connectivity index (χ0v) is 21.0. The molecule has 0 spiro atoms. The summed E-state index contributed by atoms with van der Waals surface area (Å²) in [5, 5.41) is 0. The number of benzene rings is 3. The highest BCUT2D eigenvalue weighted by Crippen LogP contribution is 2.35. The van der Waals surface area contributed by atoms with Crippen LogP contribution in [-0.4, -0.2) is 23.8 Å². The molecule has 5 rings (SSSR count). The van der Waals surface area contributed by atoms with E-state index in [-0.39, 0.29) is 23.5 Å². The second-order valence-electron chi connectivity index (χ2n) is 8.29. The van der Waals surface area contributed by atoms with Crippen molar-refractivity contribution in [2.24, 2.45) is 4.99 Å². The van der Waals surface area contributed by atoms with Gasteiger partial charge in [0, 0.05) is 5.56 Å². The summed E-state index contributed by atoms with van der Waals surface area (Å²) >= 11 is 1.19. The molecule has 9 heteroatoms. The normalized spacial score (nSPS) is 15.3. The van der Waals surface area contributed by atoms with Crippen molar-refractivity contribution in [2.75, 3.05) is 6.61 Å². The Morgan fingerprint density at radius 2 is 1.68 bits per heavy atom. The lowest BCUT2D eigenvalue weighted by Crippen LogP contribution is -2.39. The largest absolute Gasteiger partial charge is 0.463 e. The van der Waals surface area contributed by atoms with Crippen molar-refractivity contribution in [3.05, 3.63) is 127 Å². The SMILES string of the molecule is CCOC(=O)C1=C(c2ccccc2)N=c2s/c(=C/c3ccc(OC(F)F)cc3)c(=O)n2[C@H]1c1ccccc1. The number of alkyl halides is 2. The zero-order valence-electron chi connectivity index (χ0n) is 20.2. The number of nitrogens with zero attached hydrogens (tertiary/aromatic N) is 2. The number of thiazole rings is 1. The Hall–Kier alpha value is -4.37. The second kappa shape index (κ2) is 10.9. The van der Waals surface area contributed by atoms with Crippen LogP contribution in [0, 0.1) is 0 Å². The van der Waals surface area contributed by atoms with Gasteiger partial charge in [0.15, 0.2) is 4.80 Å². The summed E-state index contributed by atoms with van der Waals surface area (Å²) in [6.07, 6.45) is 1.66. The third kappa shape index (κ3) is 5.05. The topological polar surface area (TPSA) is 69.9 Å². The Morgan fingerprint density at radius 1 is 1.03 bits per heavy atom. The first-order valence-corrected chi connectivity index (χ1v) is 12.7. The quantitative estimate of drug-likeness (QED) is 0.328. The van der Waals surface area contributed by atoms with Crippen LogP contribution in [0.1, 0.15) is 29.7 Å². The van der Waals surface area contributed by atoms with E-state index in [0.29, 0.717) is 20.6 Å². The average molecular weight is 533 g/mol. The fraction of sp³-hybridized carbons (Fsp3) is 0.138. The van der Waals surface area contributed by atoms with E-state index in [1.54, 1.807) is 25.1 Å². The van der Waals surface area contributed by atoms with Gasteiger partial charge in [-0.15, -0.1) is 0 Å². The Labute approximate surface area is 220 Å². The highest BCUT2D eigenvalue weighted by Gasteiger charge is 2.35.